The summed E-state index contributed by atoms with van der Waals surface area (Å²) in [5, 5.41) is 0. The number of allylic oxidation sites excluding steroid dienone is 2. The van der Waals surface area contributed by atoms with Gasteiger partial charge in [0.15, 0.2) is 5.41 Å². The summed E-state index contributed by atoms with van der Waals surface area (Å²) in [6.45, 7) is 5.15. The van der Waals surface area contributed by atoms with Gasteiger partial charge in [-0.05, 0) is 32.8 Å². The van der Waals surface area contributed by atoms with Gasteiger partial charge in [0.2, 0.25) is 0 Å². The van der Waals surface area contributed by atoms with Crippen LogP contribution in [0.15, 0.2) is 11.4 Å². The first-order chi connectivity index (χ1) is 7.97. The van der Waals surface area contributed by atoms with Crippen molar-refractivity contribution in [3.05, 3.63) is 11.4 Å². The van der Waals surface area contributed by atoms with Gasteiger partial charge in [-0.3, -0.25) is 9.59 Å². The van der Waals surface area contributed by atoms with Gasteiger partial charge in [0.05, 0.1) is 13.2 Å². The van der Waals surface area contributed by atoms with Crippen molar-refractivity contribution in [2.75, 3.05) is 13.2 Å². The molecule has 0 amide bonds. The smallest absolute Gasteiger partial charge is 0.324 e. The van der Waals surface area contributed by atoms with E-state index >= 15 is 0 Å². The third-order valence-electron chi connectivity index (χ3n) is 2.82. The minimum atomic E-state index is -1.51. The highest BCUT2D eigenvalue weighted by Gasteiger charge is 2.53. The average molecular weight is 244 g/mol. The maximum absolute atomic E-state index is 13.5. The summed E-state index contributed by atoms with van der Waals surface area (Å²) < 4.78 is 23.2. The van der Waals surface area contributed by atoms with Crippen LogP contribution in [-0.4, -0.2) is 25.2 Å². The maximum Gasteiger partial charge on any atom is 0.324 e. The lowest BCUT2D eigenvalue weighted by Crippen LogP contribution is -2.40. The summed E-state index contributed by atoms with van der Waals surface area (Å²) in [5.41, 5.74) is -1.11. The van der Waals surface area contributed by atoms with Crippen LogP contribution < -0.4 is 0 Å². The topological polar surface area (TPSA) is 52.6 Å². The molecular weight excluding hydrogens is 227 g/mol. The minimum absolute atomic E-state index is 0.0382. The summed E-state index contributed by atoms with van der Waals surface area (Å²) in [6.07, 6.45) is -0.215. The predicted molar refractivity (Wildman–Crippen MR) is 58.7 cm³/mol. The molecule has 0 aliphatic heterocycles. The molecule has 0 radical (unpaired) electrons. The lowest BCUT2D eigenvalue weighted by Gasteiger charge is -2.24. The van der Waals surface area contributed by atoms with Gasteiger partial charge in [-0.1, -0.05) is 0 Å². The molecule has 1 aliphatic rings. The third-order valence-corrected chi connectivity index (χ3v) is 2.82. The van der Waals surface area contributed by atoms with Crippen molar-refractivity contribution >= 4 is 11.9 Å². The van der Waals surface area contributed by atoms with E-state index in [9.17, 15) is 14.0 Å². The van der Waals surface area contributed by atoms with Crippen LogP contribution in [0.2, 0.25) is 0 Å². The molecule has 5 heteroatoms. The molecule has 0 atom stereocenters. The van der Waals surface area contributed by atoms with Gasteiger partial charge in [0, 0.05) is 6.42 Å². The van der Waals surface area contributed by atoms with E-state index in [0.717, 1.165) is 0 Å². The van der Waals surface area contributed by atoms with Crippen molar-refractivity contribution in [2.24, 2.45) is 5.41 Å². The number of carbonyl (C=O) groups is 2. The fraction of sp³-hybridized carbons (Fsp3) is 0.667. The van der Waals surface area contributed by atoms with Crippen molar-refractivity contribution < 1.29 is 23.5 Å². The van der Waals surface area contributed by atoms with Crippen molar-refractivity contribution in [2.45, 2.75) is 33.6 Å². The van der Waals surface area contributed by atoms with Crippen molar-refractivity contribution in [3.8, 4) is 0 Å². The molecule has 1 rings (SSSR count). The Morgan fingerprint density at radius 1 is 1.18 bits per heavy atom. The van der Waals surface area contributed by atoms with E-state index in [1.165, 1.54) is 0 Å². The molecular formula is C12H17FO4. The van der Waals surface area contributed by atoms with Crippen LogP contribution >= 0.6 is 0 Å². The molecule has 17 heavy (non-hydrogen) atoms. The predicted octanol–water partition coefficient (Wildman–Crippen LogP) is 2.14. The molecule has 96 valence electrons. The Labute approximate surface area is 99.8 Å². The number of hydrogen-bond donors (Lipinski definition) is 0. The van der Waals surface area contributed by atoms with Gasteiger partial charge < -0.3 is 9.47 Å². The van der Waals surface area contributed by atoms with Crippen LogP contribution in [0.4, 0.5) is 4.39 Å². The fourth-order valence-corrected chi connectivity index (χ4v) is 1.94. The number of rotatable bonds is 4. The Morgan fingerprint density at radius 3 is 1.94 bits per heavy atom. The Bertz CT molecular complexity index is 326. The van der Waals surface area contributed by atoms with Gasteiger partial charge in [-0.2, -0.15) is 0 Å². The number of ether oxygens (including phenoxy) is 2. The molecule has 0 N–H and O–H groups in total. The molecule has 0 aromatic rings. The van der Waals surface area contributed by atoms with Crippen molar-refractivity contribution in [1.82, 2.24) is 0 Å². The Morgan fingerprint density at radius 2 is 1.65 bits per heavy atom. The highest BCUT2D eigenvalue weighted by atomic mass is 19.1. The van der Waals surface area contributed by atoms with Crippen LogP contribution in [0.25, 0.3) is 0 Å². The average Bonchev–Trinajstić information content (AvgIpc) is 2.57. The lowest BCUT2D eigenvalue weighted by molar-refractivity contribution is -0.171. The standard InChI is InChI=1S/C12H17FO4/c1-4-16-10(14)12(11(15)17-5-2)6-8(3)9(13)7-12/h4-7H2,1-3H3. The molecule has 0 bridgehead atoms. The Balaban J connectivity index is 2.96. The quantitative estimate of drug-likeness (QED) is 0.561. The summed E-state index contributed by atoms with van der Waals surface area (Å²) in [7, 11) is 0. The molecule has 0 aromatic carbocycles. The molecule has 0 spiro atoms. The number of carbonyl (C=O) groups excluding carboxylic acids is 2. The van der Waals surface area contributed by atoms with E-state index in [1.807, 2.05) is 0 Å². The first-order valence-electron chi connectivity index (χ1n) is 5.66. The molecule has 0 unspecified atom stereocenters. The van der Waals surface area contributed by atoms with E-state index in [-0.39, 0.29) is 26.1 Å². The van der Waals surface area contributed by atoms with E-state index < -0.39 is 23.2 Å². The van der Waals surface area contributed by atoms with E-state index in [2.05, 4.69) is 0 Å². The molecule has 0 aromatic heterocycles. The van der Waals surface area contributed by atoms with Crippen LogP contribution in [0.1, 0.15) is 33.6 Å². The minimum Gasteiger partial charge on any atom is -0.465 e. The first kappa shape index (κ1) is 13.7. The van der Waals surface area contributed by atoms with Gasteiger partial charge in [0.25, 0.3) is 0 Å². The second kappa shape index (κ2) is 5.29. The van der Waals surface area contributed by atoms with Crippen LogP contribution in [0.3, 0.4) is 0 Å². The van der Waals surface area contributed by atoms with E-state index in [1.54, 1.807) is 20.8 Å². The van der Waals surface area contributed by atoms with E-state index in [4.69, 9.17) is 9.47 Å². The number of hydrogen-bond acceptors (Lipinski definition) is 4. The van der Waals surface area contributed by atoms with Gasteiger partial charge >= 0.3 is 11.9 Å². The highest BCUT2D eigenvalue weighted by Crippen LogP contribution is 2.44. The molecule has 0 fully saturated rings. The zero-order chi connectivity index (χ0) is 13.1. The van der Waals surface area contributed by atoms with Gasteiger partial charge in [-0.25, -0.2) is 4.39 Å². The molecule has 0 saturated heterocycles. The van der Waals surface area contributed by atoms with E-state index in [0.29, 0.717) is 5.57 Å². The second-order valence-corrected chi connectivity index (χ2v) is 4.06. The molecule has 0 saturated carbocycles. The van der Waals surface area contributed by atoms with Crippen LogP contribution in [-0.2, 0) is 19.1 Å². The molecule has 4 nitrogen and oxygen atoms in total. The molecule has 0 heterocycles. The highest BCUT2D eigenvalue weighted by molar-refractivity contribution is 6.01. The monoisotopic (exact) mass is 244 g/mol. The molecule has 1 aliphatic carbocycles. The van der Waals surface area contributed by atoms with Crippen LogP contribution in [0.5, 0.6) is 0 Å². The third kappa shape index (κ3) is 2.48. The Kier molecular flexibility index (Phi) is 4.26. The van der Waals surface area contributed by atoms with Crippen LogP contribution in [0, 0.1) is 5.41 Å². The largest absolute Gasteiger partial charge is 0.465 e. The summed E-state index contributed by atoms with van der Waals surface area (Å²) in [4.78, 5) is 23.7. The van der Waals surface area contributed by atoms with Crippen molar-refractivity contribution in [3.63, 3.8) is 0 Å². The summed E-state index contributed by atoms with van der Waals surface area (Å²) in [6, 6.07) is 0. The zero-order valence-electron chi connectivity index (χ0n) is 10.3. The second-order valence-electron chi connectivity index (χ2n) is 4.06. The lowest BCUT2D eigenvalue weighted by atomic mass is 9.84. The maximum atomic E-state index is 13.5. The first-order valence-corrected chi connectivity index (χ1v) is 5.66. The van der Waals surface area contributed by atoms with Crippen molar-refractivity contribution in [1.29, 1.82) is 0 Å². The summed E-state index contributed by atoms with van der Waals surface area (Å²) in [5.74, 6) is -1.83. The normalized spacial score (nSPS) is 18.1. The summed E-state index contributed by atoms with van der Waals surface area (Å²) >= 11 is 0. The number of halogens is 1. The fourth-order valence-electron chi connectivity index (χ4n) is 1.94. The van der Waals surface area contributed by atoms with Gasteiger partial charge in [-0.15, -0.1) is 0 Å². The number of esters is 2. The van der Waals surface area contributed by atoms with Gasteiger partial charge in [0.1, 0.15) is 5.83 Å². The Hall–Kier alpha value is -1.39. The zero-order valence-corrected chi connectivity index (χ0v) is 10.3. The SMILES string of the molecule is CCOC(=O)C1(C(=O)OCC)CC(C)=C(F)C1.